The van der Waals surface area contributed by atoms with Crippen LogP contribution in [-0.4, -0.2) is 33.8 Å². The number of nitrogens with zero attached hydrogens (tertiary/aromatic N) is 3. The molecule has 0 N–H and O–H groups in total. The van der Waals surface area contributed by atoms with E-state index in [1.54, 1.807) is 0 Å². The molecule has 0 aromatic carbocycles. The molecule has 3 nitrogen and oxygen atoms in total. The van der Waals surface area contributed by atoms with Gasteiger partial charge in [-0.05, 0) is 44.1 Å². The number of hydrogen-bond donors (Lipinski definition) is 0. The van der Waals surface area contributed by atoms with Crippen LogP contribution in [-0.2, 0) is 7.05 Å². The van der Waals surface area contributed by atoms with Gasteiger partial charge in [0.05, 0.1) is 5.69 Å². The molecule has 3 rings (SSSR count). The first-order valence-electron chi connectivity index (χ1n) is 6.32. The first-order valence-corrected chi connectivity index (χ1v) is 6.32. The minimum Gasteiger partial charge on any atom is -0.300 e. The van der Waals surface area contributed by atoms with Crippen molar-refractivity contribution in [3.05, 3.63) is 17.5 Å². The summed E-state index contributed by atoms with van der Waals surface area (Å²) >= 11 is 0. The Morgan fingerprint density at radius 3 is 2.38 bits per heavy atom. The third kappa shape index (κ3) is 1.41. The summed E-state index contributed by atoms with van der Waals surface area (Å²) in [5.74, 6) is 2.62. The molecule has 16 heavy (non-hydrogen) atoms. The molecule has 2 heterocycles. The fraction of sp³-hybridized carbons (Fsp3) is 0.769. The van der Waals surface area contributed by atoms with E-state index >= 15 is 0 Å². The van der Waals surface area contributed by atoms with Crippen molar-refractivity contribution < 1.29 is 0 Å². The zero-order chi connectivity index (χ0) is 11.4. The second-order valence-corrected chi connectivity index (χ2v) is 5.74. The summed E-state index contributed by atoms with van der Waals surface area (Å²) in [6.07, 6.45) is 2.22. The van der Waals surface area contributed by atoms with Gasteiger partial charge in [0.25, 0.3) is 0 Å². The normalized spacial score (nSPS) is 33.4. The average molecular weight is 219 g/mol. The standard InChI is InChI=1S/C13H21N3/c1-8(2)16-6-11-12(7-16)13(11)10-5-15(4)14-9(10)3/h5,8,11-13H,6-7H2,1-4H3. The quantitative estimate of drug-likeness (QED) is 0.756. The monoisotopic (exact) mass is 219 g/mol. The lowest BCUT2D eigenvalue weighted by Gasteiger charge is -2.23. The molecule has 0 radical (unpaired) electrons. The predicted octanol–water partition coefficient (Wildman–Crippen LogP) is 1.78. The van der Waals surface area contributed by atoms with E-state index in [4.69, 9.17) is 0 Å². The Hall–Kier alpha value is -0.830. The Labute approximate surface area is 97.4 Å². The van der Waals surface area contributed by atoms with Crippen molar-refractivity contribution in [3.8, 4) is 0 Å². The smallest absolute Gasteiger partial charge is 0.0628 e. The number of likely N-dealkylation sites (tertiary alicyclic amines) is 1. The summed E-state index contributed by atoms with van der Waals surface area (Å²) in [5.41, 5.74) is 2.74. The number of piperidine rings is 1. The zero-order valence-electron chi connectivity index (χ0n) is 10.6. The van der Waals surface area contributed by atoms with E-state index in [2.05, 4.69) is 37.0 Å². The van der Waals surface area contributed by atoms with Crippen molar-refractivity contribution >= 4 is 0 Å². The number of aryl methyl sites for hydroxylation is 2. The molecule has 1 aliphatic heterocycles. The lowest BCUT2D eigenvalue weighted by Crippen LogP contribution is -2.31. The van der Waals surface area contributed by atoms with Gasteiger partial charge in [-0.3, -0.25) is 4.68 Å². The molecular weight excluding hydrogens is 198 g/mol. The van der Waals surface area contributed by atoms with Crippen LogP contribution in [0.4, 0.5) is 0 Å². The van der Waals surface area contributed by atoms with Gasteiger partial charge in [-0.1, -0.05) is 0 Å². The number of hydrogen-bond acceptors (Lipinski definition) is 2. The van der Waals surface area contributed by atoms with Crippen LogP contribution in [0.5, 0.6) is 0 Å². The highest BCUT2D eigenvalue weighted by Crippen LogP contribution is 2.58. The van der Waals surface area contributed by atoms with Gasteiger partial charge in [-0.2, -0.15) is 5.10 Å². The maximum Gasteiger partial charge on any atom is 0.0628 e. The fourth-order valence-corrected chi connectivity index (χ4v) is 3.39. The van der Waals surface area contributed by atoms with E-state index < -0.39 is 0 Å². The Balaban J connectivity index is 1.73. The Bertz CT molecular complexity index is 395. The van der Waals surface area contributed by atoms with Crippen LogP contribution in [0, 0.1) is 18.8 Å². The summed E-state index contributed by atoms with van der Waals surface area (Å²) < 4.78 is 1.96. The fourth-order valence-electron chi connectivity index (χ4n) is 3.39. The topological polar surface area (TPSA) is 21.1 Å². The summed E-state index contributed by atoms with van der Waals surface area (Å²) in [6.45, 7) is 9.33. The molecule has 1 aromatic heterocycles. The summed E-state index contributed by atoms with van der Waals surface area (Å²) in [7, 11) is 2.02. The molecule has 1 saturated heterocycles. The minimum atomic E-state index is 0.712. The number of fused-ring (bicyclic) bond motifs is 1. The summed E-state index contributed by atoms with van der Waals surface area (Å²) in [5, 5.41) is 4.46. The van der Waals surface area contributed by atoms with Crippen LogP contribution in [0.2, 0.25) is 0 Å². The van der Waals surface area contributed by atoms with Crippen molar-refractivity contribution in [1.82, 2.24) is 14.7 Å². The maximum absolute atomic E-state index is 4.46. The second-order valence-electron chi connectivity index (χ2n) is 5.74. The van der Waals surface area contributed by atoms with Crippen molar-refractivity contribution in [2.45, 2.75) is 32.7 Å². The molecule has 0 bridgehead atoms. The van der Waals surface area contributed by atoms with E-state index in [0.29, 0.717) is 6.04 Å². The molecule has 0 amide bonds. The highest BCUT2D eigenvalue weighted by Gasteiger charge is 2.57. The maximum atomic E-state index is 4.46. The molecule has 2 unspecified atom stereocenters. The molecule has 0 spiro atoms. The van der Waals surface area contributed by atoms with Gasteiger partial charge < -0.3 is 4.90 Å². The highest BCUT2D eigenvalue weighted by molar-refractivity contribution is 5.31. The first-order chi connectivity index (χ1) is 7.58. The Morgan fingerprint density at radius 2 is 1.94 bits per heavy atom. The van der Waals surface area contributed by atoms with Gasteiger partial charge in [0.2, 0.25) is 0 Å². The van der Waals surface area contributed by atoms with Gasteiger partial charge in [0.15, 0.2) is 0 Å². The van der Waals surface area contributed by atoms with Gasteiger partial charge in [0.1, 0.15) is 0 Å². The van der Waals surface area contributed by atoms with Crippen LogP contribution in [0.25, 0.3) is 0 Å². The molecule has 3 heteroatoms. The second kappa shape index (κ2) is 3.33. The van der Waals surface area contributed by atoms with E-state index in [0.717, 1.165) is 17.8 Å². The molecule has 2 atom stereocenters. The van der Waals surface area contributed by atoms with E-state index in [1.807, 2.05) is 11.7 Å². The van der Waals surface area contributed by atoms with Gasteiger partial charge in [0, 0.05) is 32.4 Å². The Kier molecular flexibility index (Phi) is 2.15. The third-order valence-corrected chi connectivity index (χ3v) is 4.36. The molecule has 1 aliphatic carbocycles. The molecule has 1 aromatic rings. The number of aromatic nitrogens is 2. The highest BCUT2D eigenvalue weighted by atomic mass is 15.3. The number of rotatable bonds is 2. The molecule has 2 aliphatic rings. The van der Waals surface area contributed by atoms with E-state index in [-0.39, 0.29) is 0 Å². The SMILES string of the molecule is Cc1nn(C)cc1C1C2CN(C(C)C)CC21. The summed E-state index contributed by atoms with van der Waals surface area (Å²) in [6, 6.07) is 0.712. The van der Waals surface area contributed by atoms with Crippen molar-refractivity contribution in [2.75, 3.05) is 13.1 Å². The van der Waals surface area contributed by atoms with Gasteiger partial charge in [-0.25, -0.2) is 0 Å². The van der Waals surface area contributed by atoms with Crippen LogP contribution < -0.4 is 0 Å². The third-order valence-electron chi connectivity index (χ3n) is 4.36. The van der Waals surface area contributed by atoms with Crippen LogP contribution in [0.3, 0.4) is 0 Å². The zero-order valence-corrected chi connectivity index (χ0v) is 10.6. The van der Waals surface area contributed by atoms with Crippen LogP contribution >= 0.6 is 0 Å². The predicted molar refractivity (Wildman–Crippen MR) is 64.4 cm³/mol. The molecule has 88 valence electrons. The van der Waals surface area contributed by atoms with E-state index in [1.165, 1.54) is 24.3 Å². The largest absolute Gasteiger partial charge is 0.300 e. The van der Waals surface area contributed by atoms with Crippen LogP contribution in [0.15, 0.2) is 6.20 Å². The molecule has 2 fully saturated rings. The lowest BCUT2D eigenvalue weighted by molar-refractivity contribution is 0.243. The van der Waals surface area contributed by atoms with Crippen molar-refractivity contribution in [1.29, 1.82) is 0 Å². The lowest BCUT2D eigenvalue weighted by atomic mass is 10.1. The van der Waals surface area contributed by atoms with E-state index in [9.17, 15) is 0 Å². The summed E-state index contributed by atoms with van der Waals surface area (Å²) in [4.78, 5) is 2.61. The minimum absolute atomic E-state index is 0.712. The molecular formula is C13H21N3. The Morgan fingerprint density at radius 1 is 1.31 bits per heavy atom. The van der Waals surface area contributed by atoms with Gasteiger partial charge in [-0.15, -0.1) is 0 Å². The first kappa shape index (κ1) is 10.3. The molecule has 1 saturated carbocycles. The van der Waals surface area contributed by atoms with Crippen molar-refractivity contribution in [2.24, 2.45) is 18.9 Å². The van der Waals surface area contributed by atoms with Crippen LogP contribution in [0.1, 0.15) is 31.0 Å². The average Bonchev–Trinajstić information content (AvgIpc) is 2.59. The van der Waals surface area contributed by atoms with Crippen molar-refractivity contribution in [3.63, 3.8) is 0 Å². The van der Waals surface area contributed by atoms with Gasteiger partial charge >= 0.3 is 0 Å².